The van der Waals surface area contributed by atoms with Crippen molar-refractivity contribution >= 4 is 5.78 Å². The molecular weight excluding hydrogens is 161 g/mol. The van der Waals surface area contributed by atoms with Crippen LogP contribution in [-0.4, -0.2) is 23.7 Å². The normalized spacial score (nSPS) is 13.4. The van der Waals surface area contributed by atoms with E-state index in [4.69, 9.17) is 5.11 Å². The minimum Gasteiger partial charge on any atom is -0.388 e. The fraction of sp³-hybridized carbons (Fsp3) is 0.500. The zero-order chi connectivity index (χ0) is 9.07. The standard InChI is InChI=1S/C6H7F3O2/c1-4(6(7,8)9)2-5(11)3-10/h2,10H,3H2,1H3/b4-2+. The van der Waals surface area contributed by atoms with Crippen molar-refractivity contribution in [3.8, 4) is 0 Å². The molecule has 0 aromatic rings. The van der Waals surface area contributed by atoms with Crippen molar-refractivity contribution in [1.29, 1.82) is 0 Å². The summed E-state index contributed by atoms with van der Waals surface area (Å²) in [5.41, 5.74) is -1.00. The highest BCUT2D eigenvalue weighted by atomic mass is 19.4. The summed E-state index contributed by atoms with van der Waals surface area (Å²) in [4.78, 5) is 10.2. The Kier molecular flexibility index (Phi) is 3.25. The minimum absolute atomic E-state index is 0.375. The largest absolute Gasteiger partial charge is 0.412 e. The third kappa shape index (κ3) is 3.77. The van der Waals surface area contributed by atoms with Gasteiger partial charge < -0.3 is 5.11 Å². The van der Waals surface area contributed by atoms with Crippen molar-refractivity contribution < 1.29 is 23.1 Å². The molecule has 0 aliphatic carbocycles. The molecule has 0 aromatic carbocycles. The van der Waals surface area contributed by atoms with Gasteiger partial charge in [0, 0.05) is 5.57 Å². The lowest BCUT2D eigenvalue weighted by Gasteiger charge is -2.04. The number of carbonyl (C=O) groups is 1. The first-order valence-electron chi connectivity index (χ1n) is 2.77. The molecule has 0 aliphatic heterocycles. The Bertz CT molecular complexity index is 181. The highest BCUT2D eigenvalue weighted by Gasteiger charge is 2.30. The van der Waals surface area contributed by atoms with E-state index >= 15 is 0 Å². The number of carbonyl (C=O) groups excluding carboxylic acids is 1. The molecule has 0 saturated carbocycles. The molecule has 0 amide bonds. The number of hydrogen-bond donors (Lipinski definition) is 1. The van der Waals surface area contributed by atoms with Crippen LogP contribution in [-0.2, 0) is 4.79 Å². The summed E-state index contributed by atoms with van der Waals surface area (Å²) >= 11 is 0. The Morgan fingerprint density at radius 3 is 2.27 bits per heavy atom. The third-order valence-electron chi connectivity index (χ3n) is 0.980. The second-order valence-corrected chi connectivity index (χ2v) is 1.95. The van der Waals surface area contributed by atoms with Gasteiger partial charge in [-0.15, -0.1) is 0 Å². The summed E-state index contributed by atoms with van der Waals surface area (Å²) < 4.78 is 34.9. The average molecular weight is 168 g/mol. The number of allylic oxidation sites excluding steroid dienone is 1. The van der Waals surface area contributed by atoms with Gasteiger partial charge in [-0.2, -0.15) is 13.2 Å². The molecular formula is C6H7F3O2. The second kappa shape index (κ2) is 3.52. The van der Waals surface area contributed by atoms with Gasteiger partial charge in [-0.1, -0.05) is 0 Å². The molecule has 5 heteroatoms. The van der Waals surface area contributed by atoms with E-state index in [0.717, 1.165) is 6.92 Å². The summed E-state index contributed by atoms with van der Waals surface area (Å²) in [6.45, 7) is -0.124. The number of rotatable bonds is 2. The van der Waals surface area contributed by atoms with Crippen LogP contribution in [0.15, 0.2) is 11.6 Å². The van der Waals surface area contributed by atoms with E-state index in [9.17, 15) is 18.0 Å². The third-order valence-corrected chi connectivity index (χ3v) is 0.980. The lowest BCUT2D eigenvalue weighted by atomic mass is 10.2. The van der Waals surface area contributed by atoms with Crippen LogP contribution >= 0.6 is 0 Å². The van der Waals surface area contributed by atoms with Crippen molar-refractivity contribution in [3.05, 3.63) is 11.6 Å². The van der Waals surface area contributed by atoms with E-state index in [1.54, 1.807) is 0 Å². The van der Waals surface area contributed by atoms with Gasteiger partial charge in [0.25, 0.3) is 0 Å². The van der Waals surface area contributed by atoms with Crippen molar-refractivity contribution in [2.24, 2.45) is 0 Å². The van der Waals surface area contributed by atoms with E-state index in [1.807, 2.05) is 0 Å². The molecule has 0 saturated heterocycles. The number of aliphatic hydroxyl groups excluding tert-OH is 1. The van der Waals surface area contributed by atoms with Gasteiger partial charge in [0.05, 0.1) is 0 Å². The maximum Gasteiger partial charge on any atom is 0.412 e. The van der Waals surface area contributed by atoms with E-state index in [2.05, 4.69) is 0 Å². The molecule has 0 fully saturated rings. The van der Waals surface area contributed by atoms with Gasteiger partial charge in [0.1, 0.15) is 6.61 Å². The number of aliphatic hydroxyl groups is 1. The highest BCUT2D eigenvalue weighted by Crippen LogP contribution is 2.24. The molecule has 0 aliphatic rings. The van der Waals surface area contributed by atoms with Crippen LogP contribution in [0.1, 0.15) is 6.92 Å². The van der Waals surface area contributed by atoms with Gasteiger partial charge in [-0.3, -0.25) is 4.79 Å². The molecule has 0 radical (unpaired) electrons. The van der Waals surface area contributed by atoms with Crippen molar-refractivity contribution in [2.75, 3.05) is 6.61 Å². The summed E-state index contributed by atoms with van der Waals surface area (Å²) in [6.07, 6.45) is -4.11. The first-order chi connectivity index (χ1) is 4.88. The molecule has 0 unspecified atom stereocenters. The Morgan fingerprint density at radius 2 is 2.00 bits per heavy atom. The van der Waals surface area contributed by atoms with Crippen molar-refractivity contribution in [2.45, 2.75) is 13.1 Å². The van der Waals surface area contributed by atoms with Crippen molar-refractivity contribution in [1.82, 2.24) is 0 Å². The number of halogens is 3. The molecule has 64 valence electrons. The molecule has 0 bridgehead atoms. The number of alkyl halides is 3. The Morgan fingerprint density at radius 1 is 1.55 bits per heavy atom. The van der Waals surface area contributed by atoms with Crippen LogP contribution in [0.3, 0.4) is 0 Å². The Balaban J connectivity index is 4.35. The van der Waals surface area contributed by atoms with Gasteiger partial charge in [0.15, 0.2) is 5.78 Å². The van der Waals surface area contributed by atoms with E-state index in [1.165, 1.54) is 0 Å². The first-order valence-corrected chi connectivity index (χ1v) is 2.77. The summed E-state index contributed by atoms with van der Waals surface area (Å²) in [5, 5.41) is 8.09. The fourth-order valence-electron chi connectivity index (χ4n) is 0.369. The smallest absolute Gasteiger partial charge is 0.388 e. The highest BCUT2D eigenvalue weighted by molar-refractivity contribution is 5.91. The maximum atomic E-state index is 11.6. The minimum atomic E-state index is -4.48. The lowest BCUT2D eigenvalue weighted by molar-refractivity contribution is -0.118. The maximum absolute atomic E-state index is 11.6. The monoisotopic (exact) mass is 168 g/mol. The zero-order valence-electron chi connectivity index (χ0n) is 5.77. The molecule has 0 spiro atoms. The van der Waals surface area contributed by atoms with E-state index in [-0.39, 0.29) is 0 Å². The molecule has 11 heavy (non-hydrogen) atoms. The number of hydrogen-bond acceptors (Lipinski definition) is 2. The lowest BCUT2D eigenvalue weighted by Crippen LogP contribution is -2.12. The second-order valence-electron chi connectivity index (χ2n) is 1.95. The quantitative estimate of drug-likeness (QED) is 0.626. The SMILES string of the molecule is C/C(=C\C(=O)CO)C(F)(F)F. The molecule has 0 rings (SSSR count). The van der Waals surface area contributed by atoms with Crippen molar-refractivity contribution in [3.63, 3.8) is 0 Å². The van der Waals surface area contributed by atoms with Gasteiger partial charge in [0.2, 0.25) is 0 Å². The van der Waals surface area contributed by atoms with Gasteiger partial charge in [-0.25, -0.2) is 0 Å². The summed E-state index contributed by atoms with van der Waals surface area (Å²) in [6, 6.07) is 0. The summed E-state index contributed by atoms with van der Waals surface area (Å²) in [5.74, 6) is -0.945. The van der Waals surface area contributed by atoms with Crippen LogP contribution in [0.2, 0.25) is 0 Å². The molecule has 0 aromatic heterocycles. The first kappa shape index (κ1) is 10.2. The Hall–Kier alpha value is -0.840. The Labute approximate surface area is 61.3 Å². The molecule has 0 atom stereocenters. The van der Waals surface area contributed by atoms with Crippen LogP contribution < -0.4 is 0 Å². The fourth-order valence-corrected chi connectivity index (χ4v) is 0.369. The van der Waals surface area contributed by atoms with Crippen LogP contribution in [0.25, 0.3) is 0 Å². The molecule has 2 nitrogen and oxygen atoms in total. The number of ketones is 1. The van der Waals surface area contributed by atoms with Crippen LogP contribution in [0.4, 0.5) is 13.2 Å². The average Bonchev–Trinajstić information content (AvgIpc) is 1.85. The van der Waals surface area contributed by atoms with E-state index in [0.29, 0.717) is 6.08 Å². The van der Waals surface area contributed by atoms with Crippen LogP contribution in [0.5, 0.6) is 0 Å². The van der Waals surface area contributed by atoms with Gasteiger partial charge in [-0.05, 0) is 13.0 Å². The zero-order valence-corrected chi connectivity index (χ0v) is 5.77. The molecule has 1 N–H and O–H groups in total. The predicted octanol–water partition coefficient (Wildman–Crippen LogP) is 1.06. The summed E-state index contributed by atoms with van der Waals surface area (Å²) in [7, 11) is 0. The topological polar surface area (TPSA) is 37.3 Å². The van der Waals surface area contributed by atoms with Crippen LogP contribution in [0, 0.1) is 0 Å². The predicted molar refractivity (Wildman–Crippen MR) is 31.9 cm³/mol. The molecule has 0 heterocycles. The van der Waals surface area contributed by atoms with Gasteiger partial charge >= 0.3 is 6.18 Å². The van der Waals surface area contributed by atoms with E-state index < -0.39 is 24.1 Å².